The molecule has 0 heterocycles. The minimum Gasteiger partial charge on any atom is -0.492 e. The topological polar surface area (TPSA) is 111 Å². The van der Waals surface area contributed by atoms with Crippen LogP contribution in [0.1, 0.15) is 6.92 Å². The highest BCUT2D eigenvalue weighted by Gasteiger charge is 2.12. The van der Waals surface area contributed by atoms with Gasteiger partial charge in [0.1, 0.15) is 12.4 Å². The monoisotopic (exact) mass is 301 g/mol. The van der Waals surface area contributed by atoms with Gasteiger partial charge in [0.25, 0.3) is 0 Å². The highest BCUT2D eigenvalue weighted by atomic mass is 32.2. The number of ether oxygens (including phenoxy) is 1. The Bertz CT molecular complexity index is 528. The number of likely N-dealkylation sites (N-methyl/N-ethyl adjacent to an activating group) is 1. The van der Waals surface area contributed by atoms with E-state index in [4.69, 9.17) is 10.5 Å². The number of sulfonamides is 1. The van der Waals surface area contributed by atoms with E-state index >= 15 is 0 Å². The number of benzene rings is 1. The minimum atomic E-state index is -3.53. The van der Waals surface area contributed by atoms with Crippen LogP contribution in [0.3, 0.4) is 0 Å². The number of hydrogen-bond donors (Lipinski definition) is 3. The van der Waals surface area contributed by atoms with E-state index < -0.39 is 10.0 Å². The van der Waals surface area contributed by atoms with Crippen LogP contribution in [0.4, 0.5) is 5.69 Å². The Morgan fingerprint density at radius 3 is 2.55 bits per heavy atom. The van der Waals surface area contributed by atoms with Crippen LogP contribution < -0.4 is 20.5 Å². The summed E-state index contributed by atoms with van der Waals surface area (Å²) in [5.74, 6) is -0.0507. The van der Waals surface area contributed by atoms with Gasteiger partial charge >= 0.3 is 0 Å². The van der Waals surface area contributed by atoms with Gasteiger partial charge in [-0.2, -0.15) is 0 Å². The fraction of sp³-hybridized carbons (Fsp3) is 0.417. The van der Waals surface area contributed by atoms with Crippen molar-refractivity contribution in [1.82, 2.24) is 10.0 Å². The molecule has 1 rings (SSSR count). The normalized spacial score (nSPS) is 11.1. The summed E-state index contributed by atoms with van der Waals surface area (Å²) in [5.41, 5.74) is 6.12. The molecule has 1 aromatic rings. The van der Waals surface area contributed by atoms with Gasteiger partial charge in [-0.3, -0.25) is 4.79 Å². The molecular weight excluding hydrogens is 282 g/mol. The predicted octanol–water partition coefficient (Wildman–Crippen LogP) is -0.297. The Morgan fingerprint density at radius 2 is 1.95 bits per heavy atom. The van der Waals surface area contributed by atoms with E-state index in [1.165, 1.54) is 0 Å². The predicted molar refractivity (Wildman–Crippen MR) is 76.8 cm³/mol. The van der Waals surface area contributed by atoms with Gasteiger partial charge in [-0.25, -0.2) is 13.1 Å². The van der Waals surface area contributed by atoms with Crippen LogP contribution in [0.5, 0.6) is 5.75 Å². The van der Waals surface area contributed by atoms with Gasteiger partial charge in [0.15, 0.2) is 0 Å². The molecule has 0 aliphatic heterocycles. The average molecular weight is 301 g/mol. The Hall–Kier alpha value is -1.80. The number of hydrogen-bond acceptors (Lipinski definition) is 5. The molecule has 7 nitrogen and oxygen atoms in total. The lowest BCUT2D eigenvalue weighted by Crippen LogP contribution is -2.38. The summed E-state index contributed by atoms with van der Waals surface area (Å²) in [6, 6.07) is 6.64. The average Bonchev–Trinajstić information content (AvgIpc) is 2.39. The first-order valence-corrected chi connectivity index (χ1v) is 7.80. The molecule has 1 amide bonds. The van der Waals surface area contributed by atoms with Crippen LogP contribution in [0, 0.1) is 0 Å². The lowest BCUT2D eigenvalue weighted by molar-refractivity contribution is -0.119. The van der Waals surface area contributed by atoms with Crippen molar-refractivity contribution in [3.63, 3.8) is 0 Å². The van der Waals surface area contributed by atoms with Crippen molar-refractivity contribution in [3.05, 3.63) is 24.3 Å². The van der Waals surface area contributed by atoms with Crippen LogP contribution in [0.15, 0.2) is 24.3 Å². The molecule has 0 spiro atoms. The lowest BCUT2D eigenvalue weighted by Gasteiger charge is -2.08. The smallest absolute Gasteiger partial charge is 0.235 e. The third-order valence-electron chi connectivity index (χ3n) is 2.33. The Labute approximate surface area is 118 Å². The number of nitrogens with two attached hydrogens (primary N) is 1. The molecule has 0 unspecified atom stereocenters. The lowest BCUT2D eigenvalue weighted by atomic mass is 10.3. The van der Waals surface area contributed by atoms with E-state index in [1.807, 2.05) is 0 Å². The van der Waals surface area contributed by atoms with Gasteiger partial charge in [0.05, 0.1) is 12.3 Å². The largest absolute Gasteiger partial charge is 0.492 e. The summed E-state index contributed by atoms with van der Waals surface area (Å²) in [6.45, 7) is 1.94. The van der Waals surface area contributed by atoms with Gasteiger partial charge in [0.2, 0.25) is 15.9 Å². The van der Waals surface area contributed by atoms with Crippen LogP contribution in [-0.4, -0.2) is 39.8 Å². The van der Waals surface area contributed by atoms with E-state index in [1.54, 1.807) is 31.2 Å². The summed E-state index contributed by atoms with van der Waals surface area (Å²) in [4.78, 5) is 11.1. The van der Waals surface area contributed by atoms with Crippen molar-refractivity contribution >= 4 is 21.6 Å². The molecule has 0 fully saturated rings. The summed E-state index contributed by atoms with van der Waals surface area (Å²) >= 11 is 0. The van der Waals surface area contributed by atoms with E-state index in [2.05, 4.69) is 10.0 Å². The molecule has 1 aromatic carbocycles. The van der Waals surface area contributed by atoms with Gasteiger partial charge < -0.3 is 15.8 Å². The van der Waals surface area contributed by atoms with Crippen molar-refractivity contribution in [2.24, 2.45) is 0 Å². The maximum absolute atomic E-state index is 11.6. The summed E-state index contributed by atoms with van der Waals surface area (Å²) < 4.78 is 30.7. The van der Waals surface area contributed by atoms with Crippen LogP contribution in [0.25, 0.3) is 0 Å². The van der Waals surface area contributed by atoms with Crippen molar-refractivity contribution in [2.45, 2.75) is 6.92 Å². The Morgan fingerprint density at radius 1 is 1.30 bits per heavy atom. The quantitative estimate of drug-likeness (QED) is 0.571. The Balaban J connectivity index is 2.32. The zero-order valence-electron chi connectivity index (χ0n) is 11.3. The maximum atomic E-state index is 11.6. The molecule has 0 aromatic heterocycles. The molecule has 0 aliphatic rings. The Kier molecular flexibility index (Phi) is 6.26. The zero-order valence-corrected chi connectivity index (χ0v) is 12.1. The maximum Gasteiger partial charge on any atom is 0.235 e. The van der Waals surface area contributed by atoms with Gasteiger partial charge in [-0.1, -0.05) is 0 Å². The molecule has 0 saturated heterocycles. The number of anilines is 1. The van der Waals surface area contributed by atoms with Gasteiger partial charge in [-0.05, 0) is 31.2 Å². The van der Waals surface area contributed by atoms with Crippen molar-refractivity contribution in [3.8, 4) is 5.75 Å². The van der Waals surface area contributed by atoms with Crippen molar-refractivity contribution in [1.29, 1.82) is 0 Å². The number of amides is 1. The first-order valence-electron chi connectivity index (χ1n) is 6.15. The highest BCUT2D eigenvalue weighted by molar-refractivity contribution is 7.89. The standard InChI is InChI=1S/C12H19N3O4S/c1-2-14-12(16)9-15-20(17,18)8-7-19-11-5-3-10(13)4-6-11/h3-6,15H,2,7-9,13H2,1H3,(H,14,16). The molecule has 0 saturated carbocycles. The number of nitrogens with one attached hydrogen (secondary N) is 2. The second-order valence-electron chi connectivity index (χ2n) is 4.01. The summed E-state index contributed by atoms with van der Waals surface area (Å²) in [5, 5.41) is 2.50. The van der Waals surface area contributed by atoms with Gasteiger partial charge in [0, 0.05) is 12.2 Å². The number of rotatable bonds is 8. The minimum absolute atomic E-state index is 0.00531. The number of carbonyl (C=O) groups is 1. The number of nitrogen functional groups attached to an aromatic ring is 1. The first kappa shape index (κ1) is 16.3. The number of carbonyl (C=O) groups excluding carboxylic acids is 1. The van der Waals surface area contributed by atoms with Crippen LogP contribution >= 0.6 is 0 Å². The molecule has 0 atom stereocenters. The summed E-state index contributed by atoms with van der Waals surface area (Å²) in [7, 11) is -3.53. The van der Waals surface area contributed by atoms with E-state index in [9.17, 15) is 13.2 Å². The van der Waals surface area contributed by atoms with Gasteiger partial charge in [-0.15, -0.1) is 0 Å². The molecular formula is C12H19N3O4S. The molecule has 0 radical (unpaired) electrons. The fourth-order valence-corrected chi connectivity index (χ4v) is 2.14. The molecule has 0 aliphatic carbocycles. The SMILES string of the molecule is CCNC(=O)CNS(=O)(=O)CCOc1ccc(N)cc1. The third kappa shape index (κ3) is 6.39. The second kappa shape index (κ2) is 7.71. The molecule has 20 heavy (non-hydrogen) atoms. The highest BCUT2D eigenvalue weighted by Crippen LogP contribution is 2.12. The van der Waals surface area contributed by atoms with E-state index in [0.29, 0.717) is 18.0 Å². The van der Waals surface area contributed by atoms with Crippen LogP contribution in [-0.2, 0) is 14.8 Å². The molecule has 8 heteroatoms. The third-order valence-corrected chi connectivity index (χ3v) is 3.62. The van der Waals surface area contributed by atoms with Crippen LogP contribution in [0.2, 0.25) is 0 Å². The molecule has 4 N–H and O–H groups in total. The second-order valence-corrected chi connectivity index (χ2v) is 5.94. The summed E-state index contributed by atoms with van der Waals surface area (Å²) in [6.07, 6.45) is 0. The zero-order chi connectivity index (χ0) is 15.0. The van der Waals surface area contributed by atoms with Crippen molar-refractivity contribution < 1.29 is 17.9 Å². The molecule has 112 valence electrons. The fourth-order valence-electron chi connectivity index (χ4n) is 1.34. The molecule has 0 bridgehead atoms. The van der Waals surface area contributed by atoms with E-state index in [0.717, 1.165) is 0 Å². The first-order chi connectivity index (χ1) is 9.43. The van der Waals surface area contributed by atoms with E-state index in [-0.39, 0.29) is 24.8 Å². The van der Waals surface area contributed by atoms with Crippen molar-refractivity contribution in [2.75, 3.05) is 31.2 Å².